The Balaban J connectivity index is 2.50. The van der Waals surface area contributed by atoms with E-state index in [0.29, 0.717) is 13.0 Å². The molecule has 0 saturated carbocycles. The van der Waals surface area contributed by atoms with Gasteiger partial charge in [0.2, 0.25) is 0 Å². The van der Waals surface area contributed by atoms with Gasteiger partial charge in [-0.15, -0.1) is 0 Å². The zero-order chi connectivity index (χ0) is 14.3. The summed E-state index contributed by atoms with van der Waals surface area (Å²) in [7, 11) is 1.35. The Hall–Kier alpha value is -1.55. The largest absolute Gasteiger partial charge is 0.469 e. The lowest BCUT2D eigenvalue weighted by Crippen LogP contribution is -2.21. The number of rotatable bonds is 7. The van der Waals surface area contributed by atoms with Gasteiger partial charge in [0.25, 0.3) is 0 Å². The van der Waals surface area contributed by atoms with Gasteiger partial charge in [-0.05, 0) is 30.9 Å². The van der Waals surface area contributed by atoms with Crippen molar-refractivity contribution in [3.63, 3.8) is 0 Å². The summed E-state index contributed by atoms with van der Waals surface area (Å²) >= 11 is 0. The Morgan fingerprint density at radius 3 is 2.84 bits per heavy atom. The lowest BCUT2D eigenvalue weighted by Gasteiger charge is -2.16. The molecule has 1 aromatic carbocycles. The van der Waals surface area contributed by atoms with Crippen molar-refractivity contribution in [2.24, 2.45) is 0 Å². The number of para-hydroxylation sites is 1. The molecular formula is C15H23NO3. The topological polar surface area (TPSA) is 58.6 Å². The highest BCUT2D eigenvalue weighted by molar-refractivity contribution is 5.69. The molecule has 0 aliphatic carbocycles. The van der Waals surface area contributed by atoms with Crippen LogP contribution in [0.4, 0.5) is 5.69 Å². The van der Waals surface area contributed by atoms with Gasteiger partial charge in [0.15, 0.2) is 0 Å². The first-order valence-corrected chi connectivity index (χ1v) is 6.65. The number of aliphatic hydroxyl groups is 1. The first-order chi connectivity index (χ1) is 9.08. The molecule has 0 radical (unpaired) electrons. The summed E-state index contributed by atoms with van der Waals surface area (Å²) in [5, 5.41) is 13.1. The maximum Gasteiger partial charge on any atom is 0.305 e. The van der Waals surface area contributed by atoms with Crippen molar-refractivity contribution in [3.8, 4) is 0 Å². The second kappa shape index (κ2) is 7.79. The van der Waals surface area contributed by atoms with Crippen molar-refractivity contribution < 1.29 is 14.6 Å². The van der Waals surface area contributed by atoms with Crippen LogP contribution in [0.25, 0.3) is 0 Å². The molecule has 1 aromatic rings. The molecule has 2 N–H and O–H groups in total. The normalized spacial score (nSPS) is 12.0. The highest BCUT2D eigenvalue weighted by atomic mass is 16.5. The van der Waals surface area contributed by atoms with E-state index in [-0.39, 0.29) is 12.4 Å². The molecular weight excluding hydrogens is 242 g/mol. The second-order valence-corrected chi connectivity index (χ2v) is 4.61. The van der Waals surface area contributed by atoms with E-state index in [1.165, 1.54) is 18.2 Å². The van der Waals surface area contributed by atoms with Crippen LogP contribution in [0.5, 0.6) is 0 Å². The highest BCUT2D eigenvalue weighted by Crippen LogP contribution is 2.21. The Morgan fingerprint density at radius 1 is 1.47 bits per heavy atom. The molecule has 1 atom stereocenters. The number of benzene rings is 1. The molecule has 0 saturated heterocycles. The molecule has 0 heterocycles. The Morgan fingerprint density at radius 2 is 2.21 bits per heavy atom. The van der Waals surface area contributed by atoms with Crippen LogP contribution in [0.15, 0.2) is 18.2 Å². The van der Waals surface area contributed by atoms with Gasteiger partial charge in [0.05, 0.1) is 13.2 Å². The van der Waals surface area contributed by atoms with Crippen LogP contribution in [0, 0.1) is 6.92 Å². The number of carbonyl (C=O) groups is 1. The SMILES string of the molecule is CCc1cccc(C)c1NCC(O)CCC(=O)OC. The van der Waals surface area contributed by atoms with Crippen LogP contribution in [-0.2, 0) is 16.0 Å². The molecule has 106 valence electrons. The molecule has 0 amide bonds. The van der Waals surface area contributed by atoms with Crippen LogP contribution in [-0.4, -0.2) is 30.8 Å². The summed E-state index contributed by atoms with van der Waals surface area (Å²) in [6.07, 6.45) is 1.05. The fourth-order valence-electron chi connectivity index (χ4n) is 1.98. The Bertz CT molecular complexity index is 418. The smallest absolute Gasteiger partial charge is 0.305 e. The molecule has 0 aliphatic heterocycles. The fraction of sp³-hybridized carbons (Fsp3) is 0.533. The van der Waals surface area contributed by atoms with E-state index in [0.717, 1.165) is 12.1 Å². The number of hydrogen-bond donors (Lipinski definition) is 2. The van der Waals surface area contributed by atoms with Crippen molar-refractivity contribution >= 4 is 11.7 Å². The molecule has 4 heteroatoms. The number of aryl methyl sites for hydroxylation is 2. The van der Waals surface area contributed by atoms with Gasteiger partial charge >= 0.3 is 5.97 Å². The highest BCUT2D eigenvalue weighted by Gasteiger charge is 2.10. The van der Waals surface area contributed by atoms with Crippen LogP contribution >= 0.6 is 0 Å². The van der Waals surface area contributed by atoms with Gasteiger partial charge in [0.1, 0.15) is 0 Å². The van der Waals surface area contributed by atoms with Crippen molar-refractivity contribution in [2.45, 2.75) is 39.2 Å². The van der Waals surface area contributed by atoms with Gasteiger partial charge in [-0.25, -0.2) is 0 Å². The number of esters is 1. The minimum absolute atomic E-state index is 0.244. The van der Waals surface area contributed by atoms with E-state index in [1.807, 2.05) is 19.1 Å². The third kappa shape index (κ3) is 4.91. The lowest BCUT2D eigenvalue weighted by molar-refractivity contribution is -0.141. The number of nitrogens with one attached hydrogen (secondary N) is 1. The van der Waals surface area contributed by atoms with E-state index < -0.39 is 6.10 Å². The molecule has 1 unspecified atom stereocenters. The second-order valence-electron chi connectivity index (χ2n) is 4.61. The van der Waals surface area contributed by atoms with Crippen LogP contribution in [0.2, 0.25) is 0 Å². The average Bonchev–Trinajstić information content (AvgIpc) is 2.42. The quantitative estimate of drug-likeness (QED) is 0.743. The predicted octanol–water partition coefficient (Wildman–Crippen LogP) is 2.28. The first kappa shape index (κ1) is 15.5. The number of carbonyl (C=O) groups excluding carboxylic acids is 1. The van der Waals surface area contributed by atoms with E-state index in [1.54, 1.807) is 0 Å². The lowest BCUT2D eigenvalue weighted by atomic mass is 10.1. The van der Waals surface area contributed by atoms with E-state index in [4.69, 9.17) is 0 Å². The number of hydrogen-bond acceptors (Lipinski definition) is 4. The molecule has 0 bridgehead atoms. The number of methoxy groups -OCH3 is 1. The monoisotopic (exact) mass is 265 g/mol. The van der Waals surface area contributed by atoms with Crippen LogP contribution < -0.4 is 5.32 Å². The summed E-state index contributed by atoms with van der Waals surface area (Å²) in [5.74, 6) is -0.288. The average molecular weight is 265 g/mol. The van der Waals surface area contributed by atoms with Crippen LogP contribution in [0.1, 0.15) is 30.9 Å². The van der Waals surface area contributed by atoms with Crippen molar-refractivity contribution in [3.05, 3.63) is 29.3 Å². The van der Waals surface area contributed by atoms with Gasteiger partial charge in [-0.1, -0.05) is 25.1 Å². The van der Waals surface area contributed by atoms with Crippen molar-refractivity contribution in [2.75, 3.05) is 19.0 Å². The van der Waals surface area contributed by atoms with Gasteiger partial charge < -0.3 is 15.2 Å². The third-order valence-electron chi connectivity index (χ3n) is 3.16. The third-order valence-corrected chi connectivity index (χ3v) is 3.16. The van der Waals surface area contributed by atoms with E-state index in [2.05, 4.69) is 23.0 Å². The number of anilines is 1. The molecule has 0 spiro atoms. The Labute approximate surface area is 114 Å². The fourth-order valence-corrected chi connectivity index (χ4v) is 1.98. The Kier molecular flexibility index (Phi) is 6.36. The zero-order valence-corrected chi connectivity index (χ0v) is 11.9. The van der Waals surface area contributed by atoms with E-state index >= 15 is 0 Å². The predicted molar refractivity (Wildman–Crippen MR) is 76.3 cm³/mol. The maximum absolute atomic E-state index is 11.0. The van der Waals surface area contributed by atoms with Crippen molar-refractivity contribution in [1.82, 2.24) is 0 Å². The summed E-state index contributed by atoms with van der Waals surface area (Å²) in [6.45, 7) is 4.59. The van der Waals surface area contributed by atoms with Crippen LogP contribution in [0.3, 0.4) is 0 Å². The summed E-state index contributed by atoms with van der Waals surface area (Å²) in [4.78, 5) is 11.0. The van der Waals surface area contributed by atoms with Gasteiger partial charge in [0, 0.05) is 18.7 Å². The maximum atomic E-state index is 11.0. The summed E-state index contributed by atoms with van der Waals surface area (Å²) < 4.78 is 4.55. The summed E-state index contributed by atoms with van der Waals surface area (Å²) in [5.41, 5.74) is 3.49. The van der Waals surface area contributed by atoms with E-state index in [9.17, 15) is 9.90 Å². The molecule has 0 aliphatic rings. The van der Waals surface area contributed by atoms with Gasteiger partial charge in [-0.3, -0.25) is 4.79 Å². The molecule has 0 fully saturated rings. The number of ether oxygens (including phenoxy) is 1. The summed E-state index contributed by atoms with van der Waals surface area (Å²) in [6, 6.07) is 6.16. The molecule has 0 aromatic heterocycles. The standard InChI is InChI=1S/C15H23NO3/c1-4-12-7-5-6-11(2)15(12)16-10-13(17)8-9-14(18)19-3/h5-7,13,16-17H,4,8-10H2,1-3H3. The van der Waals surface area contributed by atoms with Crippen molar-refractivity contribution in [1.29, 1.82) is 0 Å². The molecule has 19 heavy (non-hydrogen) atoms. The zero-order valence-electron chi connectivity index (χ0n) is 11.9. The number of aliphatic hydroxyl groups excluding tert-OH is 1. The molecule has 4 nitrogen and oxygen atoms in total. The van der Waals surface area contributed by atoms with Gasteiger partial charge in [-0.2, -0.15) is 0 Å². The first-order valence-electron chi connectivity index (χ1n) is 6.65. The minimum atomic E-state index is -0.552. The minimum Gasteiger partial charge on any atom is -0.469 e. The molecule has 1 rings (SSSR count).